The Morgan fingerprint density at radius 3 is 2.21 bits per heavy atom. The van der Waals surface area contributed by atoms with E-state index in [2.05, 4.69) is 0 Å². The van der Waals surface area contributed by atoms with E-state index in [1.54, 1.807) is 29.2 Å². The van der Waals surface area contributed by atoms with Crippen LogP contribution in [0.15, 0.2) is 47.4 Å². The second-order valence-electron chi connectivity index (χ2n) is 6.23. The van der Waals surface area contributed by atoms with Gasteiger partial charge in [0.2, 0.25) is 10.0 Å². The van der Waals surface area contributed by atoms with Crippen LogP contribution in [0, 0.1) is 0 Å². The lowest BCUT2D eigenvalue weighted by molar-refractivity contribution is 0.0698. The quantitative estimate of drug-likeness (QED) is 0.709. The van der Waals surface area contributed by atoms with Gasteiger partial charge in [-0.15, -0.1) is 0 Å². The molecule has 150 valence electrons. The molecular formula is C19H20Cl2N2O4S. The second-order valence-corrected chi connectivity index (χ2v) is 8.98. The molecule has 1 aliphatic rings. The van der Waals surface area contributed by atoms with Crippen LogP contribution in [0.3, 0.4) is 0 Å². The zero-order valence-electron chi connectivity index (χ0n) is 15.3. The molecule has 1 saturated heterocycles. The number of nitrogens with zero attached hydrogens (tertiary/aromatic N) is 2. The lowest BCUT2D eigenvalue weighted by atomic mass is 10.2. The van der Waals surface area contributed by atoms with Gasteiger partial charge in [-0.1, -0.05) is 23.2 Å². The molecule has 1 heterocycles. The average molecular weight is 443 g/mol. The molecule has 28 heavy (non-hydrogen) atoms. The number of ether oxygens (including phenoxy) is 1. The van der Waals surface area contributed by atoms with Crippen molar-refractivity contribution in [1.29, 1.82) is 0 Å². The van der Waals surface area contributed by atoms with Crippen molar-refractivity contribution in [3.05, 3.63) is 58.1 Å². The summed E-state index contributed by atoms with van der Waals surface area (Å²) < 4.78 is 32.4. The largest absolute Gasteiger partial charge is 0.494 e. The van der Waals surface area contributed by atoms with Gasteiger partial charge in [0.25, 0.3) is 5.91 Å². The van der Waals surface area contributed by atoms with E-state index in [-0.39, 0.29) is 23.9 Å². The van der Waals surface area contributed by atoms with Crippen LogP contribution in [0.1, 0.15) is 17.3 Å². The highest BCUT2D eigenvalue weighted by atomic mass is 35.5. The van der Waals surface area contributed by atoms with Crippen LogP contribution in [0.5, 0.6) is 5.75 Å². The topological polar surface area (TPSA) is 66.9 Å². The number of carbonyl (C=O) groups is 1. The number of hydrogen-bond donors (Lipinski definition) is 0. The molecule has 0 spiro atoms. The SMILES string of the molecule is CCOc1ccc(S(=O)(=O)N2CCN(C(=O)c3ccc(Cl)c(Cl)c3)CC2)cc1. The number of halogens is 2. The van der Waals surface area contributed by atoms with Crippen LogP contribution in [0.25, 0.3) is 0 Å². The van der Waals surface area contributed by atoms with Crippen LogP contribution in [0.4, 0.5) is 0 Å². The maximum atomic E-state index is 12.8. The predicted molar refractivity (Wildman–Crippen MR) is 109 cm³/mol. The van der Waals surface area contributed by atoms with E-state index in [1.807, 2.05) is 6.92 Å². The first-order chi connectivity index (χ1) is 13.3. The minimum Gasteiger partial charge on any atom is -0.494 e. The Bertz CT molecular complexity index is 956. The highest BCUT2D eigenvalue weighted by Gasteiger charge is 2.30. The normalized spacial score (nSPS) is 15.5. The molecular weight excluding hydrogens is 423 g/mol. The van der Waals surface area contributed by atoms with E-state index in [0.29, 0.717) is 41.1 Å². The summed E-state index contributed by atoms with van der Waals surface area (Å²) in [5, 5.41) is 0.689. The number of rotatable bonds is 5. The summed E-state index contributed by atoms with van der Waals surface area (Å²) in [6.45, 7) is 3.43. The number of piperazine rings is 1. The average Bonchev–Trinajstić information content (AvgIpc) is 2.70. The smallest absolute Gasteiger partial charge is 0.253 e. The highest BCUT2D eigenvalue weighted by Crippen LogP contribution is 2.24. The lowest BCUT2D eigenvalue weighted by Gasteiger charge is -2.34. The van der Waals surface area contributed by atoms with Crippen molar-refractivity contribution in [1.82, 2.24) is 9.21 Å². The summed E-state index contributed by atoms with van der Waals surface area (Å²) in [7, 11) is -3.62. The molecule has 0 saturated carbocycles. The molecule has 9 heteroatoms. The number of amides is 1. The van der Waals surface area contributed by atoms with Crippen molar-refractivity contribution in [2.24, 2.45) is 0 Å². The van der Waals surface area contributed by atoms with Crippen molar-refractivity contribution in [2.45, 2.75) is 11.8 Å². The molecule has 2 aromatic rings. The fourth-order valence-corrected chi connectivity index (χ4v) is 4.69. The standard InChI is InChI=1S/C19H20Cl2N2O4S/c1-2-27-15-4-6-16(7-5-15)28(25,26)23-11-9-22(10-12-23)19(24)14-3-8-17(20)18(21)13-14/h3-8,13H,2,9-12H2,1H3. The molecule has 0 unspecified atom stereocenters. The minimum absolute atomic E-state index is 0.198. The van der Waals surface area contributed by atoms with Crippen molar-refractivity contribution >= 4 is 39.1 Å². The van der Waals surface area contributed by atoms with Crippen LogP contribution in [-0.4, -0.2) is 56.3 Å². The number of carbonyl (C=O) groups excluding carboxylic acids is 1. The molecule has 0 N–H and O–H groups in total. The van der Waals surface area contributed by atoms with Gasteiger partial charge in [0.1, 0.15) is 5.75 Å². The van der Waals surface area contributed by atoms with Gasteiger partial charge in [-0.05, 0) is 49.4 Å². The molecule has 1 amide bonds. The molecule has 0 bridgehead atoms. The third kappa shape index (κ3) is 4.43. The van der Waals surface area contributed by atoms with Crippen molar-refractivity contribution in [3.63, 3.8) is 0 Å². The fourth-order valence-electron chi connectivity index (χ4n) is 2.97. The first kappa shape index (κ1) is 20.9. The molecule has 0 radical (unpaired) electrons. The van der Waals surface area contributed by atoms with Gasteiger partial charge in [-0.3, -0.25) is 4.79 Å². The van der Waals surface area contributed by atoms with Gasteiger partial charge >= 0.3 is 0 Å². The Labute approximate surface area is 174 Å². The van der Waals surface area contributed by atoms with Gasteiger partial charge in [0.05, 0.1) is 21.5 Å². The molecule has 2 aromatic carbocycles. The summed E-state index contributed by atoms with van der Waals surface area (Å²) in [4.78, 5) is 14.5. The monoisotopic (exact) mass is 442 g/mol. The van der Waals surface area contributed by atoms with E-state index in [0.717, 1.165) is 0 Å². The molecule has 0 atom stereocenters. The van der Waals surface area contributed by atoms with E-state index in [9.17, 15) is 13.2 Å². The van der Waals surface area contributed by atoms with Crippen LogP contribution < -0.4 is 4.74 Å². The summed E-state index contributed by atoms with van der Waals surface area (Å²) in [6.07, 6.45) is 0. The Hall–Kier alpha value is -1.80. The van der Waals surface area contributed by atoms with Gasteiger partial charge in [-0.25, -0.2) is 8.42 Å². The number of hydrogen-bond acceptors (Lipinski definition) is 4. The van der Waals surface area contributed by atoms with Crippen molar-refractivity contribution in [2.75, 3.05) is 32.8 Å². The fraction of sp³-hybridized carbons (Fsp3) is 0.316. The van der Waals surface area contributed by atoms with Gasteiger partial charge in [0, 0.05) is 31.7 Å². The van der Waals surface area contributed by atoms with Gasteiger partial charge in [0.15, 0.2) is 0 Å². The predicted octanol–water partition coefficient (Wildman–Crippen LogP) is 3.54. The van der Waals surface area contributed by atoms with Gasteiger partial charge in [-0.2, -0.15) is 4.31 Å². The van der Waals surface area contributed by atoms with Crippen molar-refractivity contribution < 1.29 is 17.9 Å². The maximum Gasteiger partial charge on any atom is 0.253 e. The lowest BCUT2D eigenvalue weighted by Crippen LogP contribution is -2.50. The zero-order valence-corrected chi connectivity index (χ0v) is 17.6. The third-order valence-electron chi connectivity index (χ3n) is 4.46. The maximum absolute atomic E-state index is 12.8. The Kier molecular flexibility index (Phi) is 6.50. The van der Waals surface area contributed by atoms with Gasteiger partial charge < -0.3 is 9.64 Å². The Morgan fingerprint density at radius 2 is 1.64 bits per heavy atom. The first-order valence-corrected chi connectivity index (χ1v) is 11.0. The molecule has 3 rings (SSSR count). The minimum atomic E-state index is -3.62. The molecule has 6 nitrogen and oxygen atoms in total. The zero-order chi connectivity index (χ0) is 20.3. The summed E-state index contributed by atoms with van der Waals surface area (Å²) in [5.41, 5.74) is 0.428. The molecule has 1 fully saturated rings. The Morgan fingerprint density at radius 1 is 1.00 bits per heavy atom. The summed E-state index contributed by atoms with van der Waals surface area (Å²) in [6, 6.07) is 11.1. The number of benzene rings is 2. The van der Waals surface area contributed by atoms with E-state index in [4.69, 9.17) is 27.9 Å². The van der Waals surface area contributed by atoms with E-state index in [1.165, 1.54) is 22.5 Å². The third-order valence-corrected chi connectivity index (χ3v) is 7.12. The Balaban J connectivity index is 1.66. The molecule has 0 aliphatic carbocycles. The van der Waals surface area contributed by atoms with Crippen LogP contribution in [-0.2, 0) is 10.0 Å². The van der Waals surface area contributed by atoms with E-state index >= 15 is 0 Å². The van der Waals surface area contributed by atoms with Crippen molar-refractivity contribution in [3.8, 4) is 5.75 Å². The van der Waals surface area contributed by atoms with Crippen LogP contribution in [0.2, 0.25) is 10.0 Å². The summed E-state index contributed by atoms with van der Waals surface area (Å²) in [5.74, 6) is 0.426. The molecule has 1 aliphatic heterocycles. The summed E-state index contributed by atoms with van der Waals surface area (Å²) >= 11 is 11.9. The second kappa shape index (κ2) is 8.69. The van der Waals surface area contributed by atoms with Crippen LogP contribution >= 0.6 is 23.2 Å². The van der Waals surface area contributed by atoms with E-state index < -0.39 is 10.0 Å². The highest BCUT2D eigenvalue weighted by molar-refractivity contribution is 7.89. The number of sulfonamides is 1. The first-order valence-electron chi connectivity index (χ1n) is 8.80. The molecule has 0 aromatic heterocycles.